The molecule has 0 aliphatic carbocycles. The molecular formula is C11H16O5. The third kappa shape index (κ3) is 2.85. The second-order valence-electron chi connectivity index (χ2n) is 3.45. The van der Waals surface area contributed by atoms with Crippen molar-refractivity contribution >= 4 is 0 Å². The molecule has 0 aliphatic rings. The number of hydrogen-bond acceptors (Lipinski definition) is 5. The molecule has 1 aromatic rings. The summed E-state index contributed by atoms with van der Waals surface area (Å²) < 4.78 is 4.98. The largest absolute Gasteiger partial charge is 0.508 e. The minimum absolute atomic E-state index is 0.0180. The van der Waals surface area contributed by atoms with Crippen molar-refractivity contribution in [1.82, 2.24) is 0 Å². The number of benzene rings is 1. The number of phenolic OH excluding ortho intramolecular Hbond substituents is 1. The Morgan fingerprint density at radius 3 is 2.56 bits per heavy atom. The van der Waals surface area contributed by atoms with E-state index in [1.165, 1.54) is 25.3 Å². The first-order chi connectivity index (χ1) is 7.60. The van der Waals surface area contributed by atoms with Gasteiger partial charge in [0.2, 0.25) is 0 Å². The maximum atomic E-state index is 9.80. The average molecular weight is 228 g/mol. The Morgan fingerprint density at radius 2 is 2.00 bits per heavy atom. The molecule has 2 atom stereocenters. The van der Waals surface area contributed by atoms with Crippen LogP contribution in [0, 0.1) is 0 Å². The summed E-state index contributed by atoms with van der Waals surface area (Å²) in [7, 11) is 1.41. The van der Waals surface area contributed by atoms with Crippen LogP contribution in [0.25, 0.3) is 0 Å². The van der Waals surface area contributed by atoms with Crippen LogP contribution in [0.1, 0.15) is 18.1 Å². The molecule has 1 rings (SSSR count). The van der Waals surface area contributed by atoms with Gasteiger partial charge < -0.3 is 25.2 Å². The lowest BCUT2D eigenvalue weighted by molar-refractivity contribution is 0.00301. The van der Waals surface area contributed by atoms with Gasteiger partial charge in [0.15, 0.2) is 0 Å². The van der Waals surface area contributed by atoms with Crippen LogP contribution in [0.5, 0.6) is 11.5 Å². The number of rotatable bonds is 5. The highest BCUT2D eigenvalue weighted by atomic mass is 16.5. The fourth-order valence-corrected chi connectivity index (χ4v) is 1.44. The van der Waals surface area contributed by atoms with Crippen LogP contribution in [0.4, 0.5) is 0 Å². The van der Waals surface area contributed by atoms with Crippen LogP contribution in [0.2, 0.25) is 0 Å². The smallest absolute Gasteiger partial charge is 0.128 e. The monoisotopic (exact) mass is 228 g/mol. The summed E-state index contributed by atoms with van der Waals surface area (Å²) in [5.41, 5.74) is 0.376. The van der Waals surface area contributed by atoms with Crippen molar-refractivity contribution in [3.8, 4) is 11.5 Å². The van der Waals surface area contributed by atoms with E-state index in [0.29, 0.717) is 11.3 Å². The second-order valence-corrected chi connectivity index (χ2v) is 3.45. The molecule has 0 saturated heterocycles. The number of aromatic hydroxyl groups is 1. The van der Waals surface area contributed by atoms with E-state index < -0.39 is 12.2 Å². The molecule has 4 N–H and O–H groups in total. The van der Waals surface area contributed by atoms with Gasteiger partial charge in [-0.2, -0.15) is 0 Å². The van der Waals surface area contributed by atoms with Crippen LogP contribution in [-0.2, 0) is 0 Å². The number of ether oxygens (including phenoxy) is 1. The zero-order chi connectivity index (χ0) is 12.1. The van der Waals surface area contributed by atoms with E-state index >= 15 is 0 Å². The summed E-state index contributed by atoms with van der Waals surface area (Å²) in [6.45, 7) is -0.210. The number of phenols is 1. The van der Waals surface area contributed by atoms with E-state index in [1.807, 2.05) is 0 Å². The molecule has 0 spiro atoms. The molecule has 0 aliphatic heterocycles. The fourth-order valence-electron chi connectivity index (χ4n) is 1.44. The molecule has 5 nitrogen and oxygen atoms in total. The molecule has 0 bridgehead atoms. The highest BCUT2D eigenvalue weighted by Crippen LogP contribution is 2.31. The van der Waals surface area contributed by atoms with Crippen LogP contribution in [-0.4, -0.2) is 40.2 Å². The summed E-state index contributed by atoms with van der Waals surface area (Å²) in [6, 6.07) is 4.22. The summed E-state index contributed by atoms with van der Waals surface area (Å²) in [5, 5.41) is 37.2. The average Bonchev–Trinajstić information content (AvgIpc) is 2.28. The van der Waals surface area contributed by atoms with Gasteiger partial charge in [0, 0.05) is 18.2 Å². The molecule has 0 radical (unpaired) electrons. The van der Waals surface area contributed by atoms with E-state index in [1.54, 1.807) is 0 Å². The summed E-state index contributed by atoms with van der Waals surface area (Å²) in [6.07, 6.45) is -2.14. The zero-order valence-corrected chi connectivity index (χ0v) is 9.00. The van der Waals surface area contributed by atoms with E-state index in [0.717, 1.165) is 0 Å². The van der Waals surface area contributed by atoms with Gasteiger partial charge in [0.05, 0.1) is 13.2 Å². The van der Waals surface area contributed by atoms with Gasteiger partial charge in [-0.05, 0) is 18.6 Å². The lowest BCUT2D eigenvalue weighted by atomic mass is 10.0. The summed E-state index contributed by atoms with van der Waals surface area (Å²) >= 11 is 0. The first-order valence-electron chi connectivity index (χ1n) is 4.94. The Labute approximate surface area is 93.5 Å². The Kier molecular flexibility index (Phi) is 4.54. The molecule has 16 heavy (non-hydrogen) atoms. The zero-order valence-electron chi connectivity index (χ0n) is 9.00. The predicted molar refractivity (Wildman–Crippen MR) is 57.3 cm³/mol. The van der Waals surface area contributed by atoms with Gasteiger partial charge >= 0.3 is 0 Å². The van der Waals surface area contributed by atoms with Crippen molar-refractivity contribution in [2.24, 2.45) is 0 Å². The first-order valence-corrected chi connectivity index (χ1v) is 4.94. The molecule has 0 saturated carbocycles. The topological polar surface area (TPSA) is 90.2 Å². The van der Waals surface area contributed by atoms with E-state index in [9.17, 15) is 15.3 Å². The molecular weight excluding hydrogens is 212 g/mol. The molecule has 1 aromatic carbocycles. The molecule has 5 heteroatoms. The number of aliphatic hydroxyl groups is 3. The summed E-state index contributed by atoms with van der Waals surface area (Å²) in [4.78, 5) is 0. The minimum atomic E-state index is -1.15. The highest BCUT2D eigenvalue weighted by molar-refractivity contribution is 5.41. The maximum Gasteiger partial charge on any atom is 0.128 e. The SMILES string of the molecule is COc1cc(O)ccc1C(O)C(O)CCO. The fraction of sp³-hybridized carbons (Fsp3) is 0.455. The van der Waals surface area contributed by atoms with Crippen molar-refractivity contribution in [1.29, 1.82) is 0 Å². The van der Waals surface area contributed by atoms with E-state index in [-0.39, 0.29) is 18.8 Å². The molecule has 0 fully saturated rings. The van der Waals surface area contributed by atoms with Gasteiger partial charge in [-0.15, -0.1) is 0 Å². The number of hydrogen-bond donors (Lipinski definition) is 4. The Morgan fingerprint density at radius 1 is 1.31 bits per heavy atom. The molecule has 0 aromatic heterocycles. The van der Waals surface area contributed by atoms with Gasteiger partial charge in [-0.25, -0.2) is 0 Å². The number of aliphatic hydroxyl groups excluding tert-OH is 3. The normalized spacial score (nSPS) is 14.5. The van der Waals surface area contributed by atoms with Crippen LogP contribution in [0.3, 0.4) is 0 Å². The molecule has 0 amide bonds. The summed E-state index contributed by atoms with van der Waals surface area (Å²) in [5.74, 6) is 0.314. The first kappa shape index (κ1) is 12.8. The van der Waals surface area contributed by atoms with Crippen molar-refractivity contribution in [2.75, 3.05) is 13.7 Å². The Bertz CT molecular complexity index is 339. The van der Waals surface area contributed by atoms with E-state index in [4.69, 9.17) is 9.84 Å². The van der Waals surface area contributed by atoms with Gasteiger partial charge in [-0.1, -0.05) is 0 Å². The Hall–Kier alpha value is -1.30. The predicted octanol–water partition coefficient (Wildman–Crippen LogP) is 0.177. The standard InChI is InChI=1S/C11H16O5/c1-16-10-6-7(13)2-3-8(10)11(15)9(14)4-5-12/h2-3,6,9,11-15H,4-5H2,1H3. The molecule has 0 heterocycles. The third-order valence-electron chi connectivity index (χ3n) is 2.33. The van der Waals surface area contributed by atoms with Gasteiger partial charge in [0.1, 0.15) is 17.6 Å². The van der Waals surface area contributed by atoms with Crippen LogP contribution >= 0.6 is 0 Å². The lowest BCUT2D eigenvalue weighted by Crippen LogP contribution is -2.20. The van der Waals surface area contributed by atoms with E-state index in [2.05, 4.69) is 0 Å². The quantitative estimate of drug-likeness (QED) is 0.577. The molecule has 2 unspecified atom stereocenters. The van der Waals surface area contributed by atoms with Gasteiger partial charge in [0.25, 0.3) is 0 Å². The Balaban J connectivity index is 2.93. The van der Waals surface area contributed by atoms with Crippen LogP contribution < -0.4 is 4.74 Å². The number of methoxy groups -OCH3 is 1. The highest BCUT2D eigenvalue weighted by Gasteiger charge is 2.21. The third-order valence-corrected chi connectivity index (χ3v) is 2.33. The van der Waals surface area contributed by atoms with Crippen molar-refractivity contribution in [2.45, 2.75) is 18.6 Å². The van der Waals surface area contributed by atoms with Crippen LogP contribution in [0.15, 0.2) is 18.2 Å². The second kappa shape index (κ2) is 5.69. The van der Waals surface area contributed by atoms with Gasteiger partial charge in [-0.3, -0.25) is 0 Å². The molecule has 90 valence electrons. The maximum absolute atomic E-state index is 9.80. The van der Waals surface area contributed by atoms with Crippen molar-refractivity contribution in [3.63, 3.8) is 0 Å². The lowest BCUT2D eigenvalue weighted by Gasteiger charge is -2.19. The van der Waals surface area contributed by atoms with Crippen molar-refractivity contribution < 1.29 is 25.2 Å². The minimum Gasteiger partial charge on any atom is -0.508 e. The van der Waals surface area contributed by atoms with Crippen molar-refractivity contribution in [3.05, 3.63) is 23.8 Å².